The fourth-order valence-corrected chi connectivity index (χ4v) is 2.25. The third-order valence-corrected chi connectivity index (χ3v) is 3.46. The number of tetrazole rings is 1. The second-order valence-electron chi connectivity index (χ2n) is 4.43. The lowest BCUT2D eigenvalue weighted by atomic mass is 10.2. The number of rotatable bonds is 7. The van der Waals surface area contributed by atoms with Crippen LogP contribution >= 0.6 is 15.9 Å². The molecule has 1 heterocycles. The molecule has 20 heavy (non-hydrogen) atoms. The third-order valence-electron chi connectivity index (χ3n) is 2.77. The highest BCUT2D eigenvalue weighted by Crippen LogP contribution is 2.28. The number of nitrogens with two attached hydrogens (primary N) is 1. The van der Waals surface area contributed by atoms with Crippen molar-refractivity contribution in [2.24, 2.45) is 0 Å². The lowest BCUT2D eigenvalue weighted by Gasteiger charge is -2.07. The highest BCUT2D eigenvalue weighted by molar-refractivity contribution is 9.10. The predicted molar refractivity (Wildman–Crippen MR) is 81.1 cm³/mol. The first-order chi connectivity index (χ1) is 9.72. The van der Waals surface area contributed by atoms with Crippen LogP contribution in [-0.4, -0.2) is 33.4 Å². The average molecular weight is 340 g/mol. The zero-order valence-electron chi connectivity index (χ0n) is 11.4. The van der Waals surface area contributed by atoms with Gasteiger partial charge in [0.15, 0.2) is 5.82 Å². The van der Waals surface area contributed by atoms with Crippen LogP contribution in [0.25, 0.3) is 11.4 Å². The van der Waals surface area contributed by atoms with Gasteiger partial charge in [-0.05, 0) is 41.5 Å². The van der Waals surface area contributed by atoms with Crippen molar-refractivity contribution in [2.45, 2.75) is 26.3 Å². The summed E-state index contributed by atoms with van der Waals surface area (Å²) in [4.78, 5) is 0. The number of hydrogen-bond acceptors (Lipinski definition) is 5. The van der Waals surface area contributed by atoms with Gasteiger partial charge in [-0.3, -0.25) is 0 Å². The Morgan fingerprint density at radius 3 is 3.00 bits per heavy atom. The zero-order chi connectivity index (χ0) is 14.4. The van der Waals surface area contributed by atoms with Crippen LogP contribution in [0.1, 0.15) is 19.8 Å². The average Bonchev–Trinajstić information content (AvgIpc) is 2.89. The molecule has 0 bridgehead atoms. The molecule has 0 unspecified atom stereocenters. The van der Waals surface area contributed by atoms with Crippen LogP contribution in [0.2, 0.25) is 0 Å². The molecule has 0 aliphatic heterocycles. The fraction of sp³-hybridized carbons (Fsp3) is 0.462. The van der Waals surface area contributed by atoms with E-state index in [9.17, 15) is 0 Å². The molecule has 0 saturated carbocycles. The van der Waals surface area contributed by atoms with E-state index in [0.29, 0.717) is 24.7 Å². The lowest BCUT2D eigenvalue weighted by Crippen LogP contribution is -2.07. The van der Waals surface area contributed by atoms with Gasteiger partial charge in [-0.2, -0.15) is 0 Å². The molecule has 6 nitrogen and oxygen atoms in total. The first-order valence-electron chi connectivity index (χ1n) is 6.61. The Balaban J connectivity index is 2.06. The van der Waals surface area contributed by atoms with Crippen molar-refractivity contribution >= 4 is 21.6 Å². The molecule has 0 amide bonds. The maximum absolute atomic E-state index is 5.82. The molecule has 7 heteroatoms. The van der Waals surface area contributed by atoms with Gasteiger partial charge < -0.3 is 10.5 Å². The van der Waals surface area contributed by atoms with Crippen molar-refractivity contribution in [1.82, 2.24) is 20.2 Å². The van der Waals surface area contributed by atoms with Gasteiger partial charge in [0.25, 0.3) is 0 Å². The van der Waals surface area contributed by atoms with Gasteiger partial charge in [-0.25, -0.2) is 4.68 Å². The van der Waals surface area contributed by atoms with Crippen LogP contribution in [0.15, 0.2) is 22.7 Å². The highest BCUT2D eigenvalue weighted by Gasteiger charge is 2.12. The first kappa shape index (κ1) is 14.9. The van der Waals surface area contributed by atoms with Crippen LogP contribution < -0.4 is 5.73 Å². The first-order valence-corrected chi connectivity index (χ1v) is 7.41. The van der Waals surface area contributed by atoms with Crippen LogP contribution in [0, 0.1) is 0 Å². The maximum atomic E-state index is 5.82. The summed E-state index contributed by atoms with van der Waals surface area (Å²) < 4.78 is 8.15. The summed E-state index contributed by atoms with van der Waals surface area (Å²) in [7, 11) is 0. The van der Waals surface area contributed by atoms with Crippen LogP contribution in [-0.2, 0) is 11.3 Å². The van der Waals surface area contributed by atoms with Crippen molar-refractivity contribution in [3.05, 3.63) is 22.7 Å². The maximum Gasteiger partial charge on any atom is 0.183 e. The number of nitrogen functional groups attached to an aromatic ring is 1. The molecule has 2 aromatic rings. The molecule has 0 radical (unpaired) electrons. The molecule has 2 rings (SSSR count). The number of aromatic nitrogens is 4. The summed E-state index contributed by atoms with van der Waals surface area (Å²) in [6, 6.07) is 5.59. The molecule has 0 spiro atoms. The largest absolute Gasteiger partial charge is 0.399 e. The van der Waals surface area contributed by atoms with Gasteiger partial charge in [0, 0.05) is 35.5 Å². The van der Waals surface area contributed by atoms with Gasteiger partial charge in [-0.15, -0.1) is 5.10 Å². The molecule has 108 valence electrons. The standard InChI is InChI=1S/C13H18BrN5O/c1-2-7-20-8-3-6-19-13(16-17-18-19)11-9-10(15)4-5-12(11)14/h4-5,9H,2-3,6-8,15H2,1H3. The topological polar surface area (TPSA) is 78.8 Å². The van der Waals surface area contributed by atoms with Gasteiger partial charge >= 0.3 is 0 Å². The minimum absolute atomic E-state index is 0.684. The third kappa shape index (κ3) is 3.77. The molecular formula is C13H18BrN5O. The molecular weight excluding hydrogens is 322 g/mol. The van der Waals surface area contributed by atoms with E-state index in [1.54, 1.807) is 4.68 Å². The SMILES string of the molecule is CCCOCCCn1nnnc1-c1cc(N)ccc1Br. The monoisotopic (exact) mass is 339 g/mol. The molecule has 1 aromatic carbocycles. The number of hydrogen-bond donors (Lipinski definition) is 1. The van der Waals surface area contributed by atoms with E-state index in [0.717, 1.165) is 29.5 Å². The number of aryl methyl sites for hydroxylation is 1. The number of benzene rings is 1. The predicted octanol–water partition coefficient (Wildman–Crippen LogP) is 2.50. The second kappa shape index (κ2) is 7.35. The quantitative estimate of drug-likeness (QED) is 0.619. The number of nitrogens with zero attached hydrogens (tertiary/aromatic N) is 4. The van der Waals surface area contributed by atoms with Crippen molar-refractivity contribution in [2.75, 3.05) is 18.9 Å². The lowest BCUT2D eigenvalue weighted by molar-refractivity contribution is 0.128. The molecule has 0 aliphatic carbocycles. The normalized spacial score (nSPS) is 10.9. The van der Waals surface area contributed by atoms with Crippen molar-refractivity contribution in [3.63, 3.8) is 0 Å². The van der Waals surface area contributed by atoms with Crippen molar-refractivity contribution in [3.8, 4) is 11.4 Å². The van der Waals surface area contributed by atoms with Crippen molar-refractivity contribution in [1.29, 1.82) is 0 Å². The summed E-state index contributed by atoms with van der Waals surface area (Å²) in [5, 5.41) is 11.8. The Morgan fingerprint density at radius 2 is 2.20 bits per heavy atom. The Morgan fingerprint density at radius 1 is 1.35 bits per heavy atom. The minimum Gasteiger partial charge on any atom is -0.399 e. The van der Waals surface area contributed by atoms with Crippen LogP contribution in [0.3, 0.4) is 0 Å². The minimum atomic E-state index is 0.684. The van der Waals surface area contributed by atoms with E-state index >= 15 is 0 Å². The van der Waals surface area contributed by atoms with Gasteiger partial charge in [0.1, 0.15) is 0 Å². The molecule has 0 aliphatic rings. The highest BCUT2D eigenvalue weighted by atomic mass is 79.9. The van der Waals surface area contributed by atoms with Crippen molar-refractivity contribution < 1.29 is 4.74 Å². The van der Waals surface area contributed by atoms with E-state index in [4.69, 9.17) is 10.5 Å². The summed E-state index contributed by atoms with van der Waals surface area (Å²) in [5.74, 6) is 0.708. The smallest absolute Gasteiger partial charge is 0.183 e. The van der Waals surface area contributed by atoms with E-state index in [1.165, 1.54) is 0 Å². The van der Waals surface area contributed by atoms with Gasteiger partial charge in [0.05, 0.1) is 0 Å². The van der Waals surface area contributed by atoms with E-state index in [-0.39, 0.29) is 0 Å². The summed E-state index contributed by atoms with van der Waals surface area (Å²) in [5.41, 5.74) is 7.40. The molecule has 1 aromatic heterocycles. The van der Waals surface area contributed by atoms with E-state index in [1.807, 2.05) is 18.2 Å². The molecule has 0 saturated heterocycles. The second-order valence-corrected chi connectivity index (χ2v) is 5.29. The molecule has 0 fully saturated rings. The van der Waals surface area contributed by atoms with Crippen LogP contribution in [0.4, 0.5) is 5.69 Å². The van der Waals surface area contributed by atoms with E-state index < -0.39 is 0 Å². The number of anilines is 1. The summed E-state index contributed by atoms with van der Waals surface area (Å²) >= 11 is 3.50. The fourth-order valence-electron chi connectivity index (χ4n) is 1.83. The number of ether oxygens (including phenoxy) is 1. The van der Waals surface area contributed by atoms with Crippen LogP contribution in [0.5, 0.6) is 0 Å². The Labute approximate surface area is 126 Å². The Kier molecular flexibility index (Phi) is 5.49. The van der Waals surface area contributed by atoms with Gasteiger partial charge in [-0.1, -0.05) is 22.9 Å². The van der Waals surface area contributed by atoms with Gasteiger partial charge in [0.2, 0.25) is 0 Å². The van der Waals surface area contributed by atoms with E-state index in [2.05, 4.69) is 38.4 Å². The summed E-state index contributed by atoms with van der Waals surface area (Å²) in [6.07, 6.45) is 1.91. The Hall–Kier alpha value is -1.47. The molecule has 2 N–H and O–H groups in total. The zero-order valence-corrected chi connectivity index (χ0v) is 13.0. The summed E-state index contributed by atoms with van der Waals surface area (Å²) in [6.45, 7) is 4.32. The Bertz CT molecular complexity index is 557. The molecule has 0 atom stereocenters. The number of halogens is 1.